The molecular formula is C24H22N2O3S. The predicted octanol–water partition coefficient (Wildman–Crippen LogP) is 4.66. The fraction of sp³-hybridized carbons (Fsp3) is 0.167. The number of amides is 2. The maximum Gasteiger partial charge on any atom is 0.238 e. The molecule has 3 aromatic carbocycles. The number of ether oxygens (including phenoxy) is 1. The lowest BCUT2D eigenvalue weighted by Crippen LogP contribution is -2.28. The van der Waals surface area contributed by atoms with Gasteiger partial charge in [0.25, 0.3) is 0 Å². The Kier molecular flexibility index (Phi) is 6.05. The van der Waals surface area contributed by atoms with Crippen LogP contribution in [-0.4, -0.2) is 24.7 Å². The van der Waals surface area contributed by atoms with Crippen LogP contribution in [0.1, 0.15) is 16.5 Å². The summed E-state index contributed by atoms with van der Waals surface area (Å²) in [4.78, 5) is 26.9. The number of benzene rings is 3. The molecule has 1 N–H and O–H groups in total. The van der Waals surface area contributed by atoms with Crippen molar-refractivity contribution >= 4 is 35.0 Å². The summed E-state index contributed by atoms with van der Waals surface area (Å²) in [7, 11) is 1.60. The van der Waals surface area contributed by atoms with Gasteiger partial charge in [0.1, 0.15) is 11.1 Å². The molecule has 4 rings (SSSR count). The van der Waals surface area contributed by atoms with Crippen LogP contribution in [0.2, 0.25) is 0 Å². The molecule has 1 heterocycles. The van der Waals surface area contributed by atoms with Crippen molar-refractivity contribution in [3.05, 3.63) is 90.0 Å². The Hall–Kier alpha value is -3.25. The number of nitrogens with zero attached hydrogens (tertiary/aromatic N) is 1. The van der Waals surface area contributed by atoms with Crippen LogP contribution >= 0.6 is 11.8 Å². The van der Waals surface area contributed by atoms with Gasteiger partial charge in [-0.1, -0.05) is 54.6 Å². The third-order valence-corrected chi connectivity index (χ3v) is 6.09. The molecular weight excluding hydrogens is 396 g/mol. The first-order chi connectivity index (χ1) is 14.7. The number of methoxy groups -OCH3 is 1. The lowest BCUT2D eigenvalue weighted by atomic mass is 10.1. The van der Waals surface area contributed by atoms with Gasteiger partial charge in [0.15, 0.2) is 0 Å². The van der Waals surface area contributed by atoms with Crippen LogP contribution < -0.4 is 15.0 Å². The van der Waals surface area contributed by atoms with Crippen LogP contribution in [0.3, 0.4) is 0 Å². The van der Waals surface area contributed by atoms with E-state index in [0.717, 1.165) is 16.8 Å². The number of nitrogens with one attached hydrogen (secondary N) is 1. The smallest absolute Gasteiger partial charge is 0.238 e. The van der Waals surface area contributed by atoms with Gasteiger partial charge in [-0.25, -0.2) is 0 Å². The molecule has 0 spiro atoms. The molecule has 3 aromatic rings. The minimum absolute atomic E-state index is 0.0352. The highest BCUT2D eigenvalue weighted by Crippen LogP contribution is 2.45. The molecule has 1 fully saturated rings. The topological polar surface area (TPSA) is 58.6 Å². The normalized spacial score (nSPS) is 15.8. The molecule has 1 aliphatic heterocycles. The fourth-order valence-electron chi connectivity index (χ4n) is 3.52. The van der Waals surface area contributed by atoms with Gasteiger partial charge in [-0.3, -0.25) is 14.5 Å². The van der Waals surface area contributed by atoms with Crippen LogP contribution in [0.4, 0.5) is 11.4 Å². The summed E-state index contributed by atoms with van der Waals surface area (Å²) in [5.41, 5.74) is 3.38. The van der Waals surface area contributed by atoms with Crippen LogP contribution in [0.25, 0.3) is 0 Å². The maximum atomic E-state index is 12.7. The molecule has 5 nitrogen and oxygen atoms in total. The molecule has 0 radical (unpaired) electrons. The van der Waals surface area contributed by atoms with Gasteiger partial charge in [-0.15, -0.1) is 11.8 Å². The van der Waals surface area contributed by atoms with Crippen molar-refractivity contribution in [2.45, 2.75) is 11.8 Å². The molecule has 0 aromatic heterocycles. The molecule has 30 heavy (non-hydrogen) atoms. The first-order valence-electron chi connectivity index (χ1n) is 9.66. The molecule has 1 atom stereocenters. The van der Waals surface area contributed by atoms with E-state index < -0.39 is 0 Å². The number of hydrogen-bond acceptors (Lipinski definition) is 4. The second-order valence-electron chi connectivity index (χ2n) is 6.93. The highest BCUT2D eigenvalue weighted by molar-refractivity contribution is 8.00. The lowest BCUT2D eigenvalue weighted by molar-refractivity contribution is -0.116. The van der Waals surface area contributed by atoms with E-state index in [-0.39, 0.29) is 17.2 Å². The second kappa shape index (κ2) is 9.05. The van der Waals surface area contributed by atoms with Crippen LogP contribution in [-0.2, 0) is 16.0 Å². The minimum atomic E-state index is -0.181. The molecule has 0 bridgehead atoms. The number of para-hydroxylation sites is 2. The highest BCUT2D eigenvalue weighted by atomic mass is 32.2. The Morgan fingerprint density at radius 3 is 2.63 bits per heavy atom. The zero-order valence-corrected chi connectivity index (χ0v) is 17.4. The SMILES string of the molecule is COc1ccccc1N1C(=O)CS[C@H]1c1cccc(NC(=O)Cc2ccccc2)c1. The summed E-state index contributed by atoms with van der Waals surface area (Å²) < 4.78 is 5.46. The van der Waals surface area contributed by atoms with Crippen molar-refractivity contribution in [1.82, 2.24) is 0 Å². The number of carbonyl (C=O) groups is 2. The van der Waals surface area contributed by atoms with E-state index in [1.807, 2.05) is 78.9 Å². The summed E-state index contributed by atoms with van der Waals surface area (Å²) in [5, 5.41) is 2.79. The van der Waals surface area contributed by atoms with Crippen molar-refractivity contribution in [1.29, 1.82) is 0 Å². The Bertz CT molecular complexity index is 1060. The summed E-state index contributed by atoms with van der Waals surface area (Å²) >= 11 is 1.56. The number of carbonyl (C=O) groups excluding carboxylic acids is 2. The van der Waals surface area contributed by atoms with Gasteiger partial charge >= 0.3 is 0 Å². The fourth-order valence-corrected chi connectivity index (χ4v) is 4.68. The molecule has 1 aliphatic rings. The number of rotatable bonds is 6. The zero-order chi connectivity index (χ0) is 20.9. The monoisotopic (exact) mass is 418 g/mol. The van der Waals surface area contributed by atoms with Gasteiger partial charge in [-0.2, -0.15) is 0 Å². The molecule has 152 valence electrons. The second-order valence-corrected chi connectivity index (χ2v) is 8.00. The summed E-state index contributed by atoms with van der Waals surface area (Å²) in [6, 6.07) is 24.8. The maximum absolute atomic E-state index is 12.7. The molecule has 0 saturated carbocycles. The third-order valence-electron chi connectivity index (χ3n) is 4.88. The summed E-state index contributed by atoms with van der Waals surface area (Å²) in [5.74, 6) is 1.02. The first kappa shape index (κ1) is 20.0. The van der Waals surface area contributed by atoms with Crippen LogP contribution in [0.5, 0.6) is 5.75 Å². The zero-order valence-electron chi connectivity index (χ0n) is 16.6. The van der Waals surface area contributed by atoms with Crippen molar-refractivity contribution in [2.75, 3.05) is 23.1 Å². The quantitative estimate of drug-likeness (QED) is 0.633. The Labute approximate surface area is 180 Å². The number of hydrogen-bond donors (Lipinski definition) is 1. The highest BCUT2D eigenvalue weighted by Gasteiger charge is 2.35. The van der Waals surface area contributed by atoms with Gasteiger partial charge in [0.05, 0.1) is 25.0 Å². The Morgan fingerprint density at radius 1 is 1.07 bits per heavy atom. The molecule has 2 amide bonds. The van der Waals surface area contributed by atoms with Crippen LogP contribution in [0, 0.1) is 0 Å². The Morgan fingerprint density at radius 2 is 1.83 bits per heavy atom. The van der Waals surface area contributed by atoms with Gasteiger partial charge < -0.3 is 10.1 Å². The molecule has 1 saturated heterocycles. The van der Waals surface area contributed by atoms with Crippen molar-refractivity contribution < 1.29 is 14.3 Å². The van der Waals surface area contributed by atoms with Crippen molar-refractivity contribution in [2.24, 2.45) is 0 Å². The van der Waals surface area contributed by atoms with Crippen LogP contribution in [0.15, 0.2) is 78.9 Å². The lowest BCUT2D eigenvalue weighted by Gasteiger charge is -2.26. The van der Waals surface area contributed by atoms with Crippen molar-refractivity contribution in [3.63, 3.8) is 0 Å². The van der Waals surface area contributed by atoms with E-state index in [4.69, 9.17) is 4.74 Å². The summed E-state index contributed by atoms with van der Waals surface area (Å²) in [6.07, 6.45) is 0.315. The van der Waals surface area contributed by atoms with E-state index in [1.54, 1.807) is 23.8 Å². The van der Waals surface area contributed by atoms with E-state index in [0.29, 0.717) is 23.6 Å². The average molecular weight is 419 g/mol. The largest absolute Gasteiger partial charge is 0.495 e. The minimum Gasteiger partial charge on any atom is -0.495 e. The third kappa shape index (κ3) is 4.33. The molecule has 0 aliphatic carbocycles. The van der Waals surface area contributed by atoms with E-state index in [1.165, 1.54) is 0 Å². The van der Waals surface area contributed by atoms with E-state index in [9.17, 15) is 9.59 Å². The van der Waals surface area contributed by atoms with E-state index >= 15 is 0 Å². The first-order valence-corrected chi connectivity index (χ1v) is 10.7. The average Bonchev–Trinajstić information content (AvgIpc) is 3.15. The Balaban J connectivity index is 1.55. The molecule has 6 heteroatoms. The number of anilines is 2. The van der Waals surface area contributed by atoms with Gasteiger partial charge in [0.2, 0.25) is 11.8 Å². The van der Waals surface area contributed by atoms with Gasteiger partial charge in [0, 0.05) is 5.69 Å². The molecule has 0 unspecified atom stereocenters. The van der Waals surface area contributed by atoms with Gasteiger partial charge in [-0.05, 0) is 35.4 Å². The van der Waals surface area contributed by atoms with E-state index in [2.05, 4.69) is 5.32 Å². The summed E-state index contributed by atoms with van der Waals surface area (Å²) in [6.45, 7) is 0. The standard InChI is InChI=1S/C24H22N2O3S/c1-29-21-13-6-5-12-20(21)26-23(28)16-30-24(26)18-10-7-11-19(15-18)25-22(27)14-17-8-3-2-4-9-17/h2-13,15,24H,14,16H2,1H3,(H,25,27)/t24-/m0/s1. The number of thioether (sulfide) groups is 1. The van der Waals surface area contributed by atoms with Crippen molar-refractivity contribution in [3.8, 4) is 5.75 Å². The predicted molar refractivity (Wildman–Crippen MR) is 121 cm³/mol.